The maximum Gasteiger partial charge on any atom is 0.411 e. The third kappa shape index (κ3) is 3.62. The number of hydrogen-bond acceptors (Lipinski definition) is 3. The van der Waals surface area contributed by atoms with Crippen LogP contribution in [0.5, 0.6) is 0 Å². The van der Waals surface area contributed by atoms with Crippen LogP contribution in [0.15, 0.2) is 18.2 Å². The molecule has 0 heterocycles. The van der Waals surface area contributed by atoms with E-state index < -0.39 is 6.09 Å². The molecule has 4 nitrogen and oxygen atoms in total. The van der Waals surface area contributed by atoms with Crippen LogP contribution in [0.4, 0.5) is 16.2 Å². The van der Waals surface area contributed by atoms with Crippen LogP contribution in [0.1, 0.15) is 13.8 Å². The number of nitrogens with two attached hydrogens (primary N) is 1. The minimum absolute atomic E-state index is 0.286. The van der Waals surface area contributed by atoms with Gasteiger partial charge in [-0.3, -0.25) is 5.32 Å². The number of anilines is 2. The van der Waals surface area contributed by atoms with Gasteiger partial charge in [0.25, 0.3) is 0 Å². The lowest BCUT2D eigenvalue weighted by Gasteiger charge is -2.11. The predicted octanol–water partition coefficient (Wildman–Crippen LogP) is 3.13. The van der Waals surface area contributed by atoms with Gasteiger partial charge in [0.15, 0.2) is 0 Å². The average Bonchev–Trinajstić information content (AvgIpc) is 2.21. The molecular weight excluding hydrogens is 228 g/mol. The highest BCUT2D eigenvalue weighted by molar-refractivity contribution is 6.34. The van der Waals surface area contributed by atoms with Crippen molar-refractivity contribution in [3.05, 3.63) is 23.2 Å². The number of nitrogens with one attached hydrogen (secondary N) is 1. The van der Waals surface area contributed by atoms with E-state index in [0.29, 0.717) is 23.0 Å². The van der Waals surface area contributed by atoms with Crippen LogP contribution in [0.3, 0.4) is 0 Å². The second kappa shape index (κ2) is 5.61. The van der Waals surface area contributed by atoms with Gasteiger partial charge in [-0.1, -0.05) is 31.5 Å². The molecule has 0 saturated carbocycles. The lowest BCUT2D eigenvalue weighted by molar-refractivity contribution is 0.147. The summed E-state index contributed by atoms with van der Waals surface area (Å²) in [7, 11) is 0. The van der Waals surface area contributed by atoms with Gasteiger partial charge in [0.05, 0.1) is 23.0 Å². The van der Waals surface area contributed by atoms with Gasteiger partial charge in [0.1, 0.15) is 0 Å². The number of nitrogen functional groups attached to an aromatic ring is 1. The molecule has 1 aromatic carbocycles. The summed E-state index contributed by atoms with van der Waals surface area (Å²) in [6.07, 6.45) is -0.548. The first-order valence-electron chi connectivity index (χ1n) is 4.98. The van der Waals surface area contributed by atoms with Gasteiger partial charge >= 0.3 is 6.09 Å². The number of benzene rings is 1. The Balaban J connectivity index is 2.63. The molecule has 3 N–H and O–H groups in total. The van der Waals surface area contributed by atoms with Crippen LogP contribution in [-0.2, 0) is 4.74 Å². The minimum atomic E-state index is -0.548. The molecule has 1 amide bonds. The Morgan fingerprint density at radius 3 is 2.81 bits per heavy atom. The van der Waals surface area contributed by atoms with Crippen molar-refractivity contribution in [2.75, 3.05) is 17.7 Å². The van der Waals surface area contributed by atoms with Gasteiger partial charge in [-0.2, -0.15) is 0 Å². The molecule has 0 fully saturated rings. The number of hydrogen-bond donors (Lipinski definition) is 2. The number of halogens is 1. The first kappa shape index (κ1) is 12.6. The summed E-state index contributed by atoms with van der Waals surface area (Å²) in [5.41, 5.74) is 6.47. The van der Waals surface area contributed by atoms with Crippen LogP contribution < -0.4 is 11.1 Å². The van der Waals surface area contributed by atoms with E-state index in [4.69, 9.17) is 22.1 Å². The molecule has 0 spiro atoms. The summed E-state index contributed by atoms with van der Waals surface area (Å²) in [5.74, 6) is 0.286. The number of amides is 1. The Morgan fingerprint density at radius 2 is 2.25 bits per heavy atom. The molecule has 1 aromatic rings. The Kier molecular flexibility index (Phi) is 4.43. The number of carbonyl (C=O) groups excluding carboxylic acids is 1. The van der Waals surface area contributed by atoms with Gasteiger partial charge in [-0.05, 0) is 18.1 Å². The third-order valence-electron chi connectivity index (χ3n) is 1.82. The number of ether oxygens (including phenoxy) is 1. The number of rotatable bonds is 3. The molecule has 0 radical (unpaired) electrons. The molecule has 5 heteroatoms. The van der Waals surface area contributed by atoms with E-state index in [1.165, 1.54) is 0 Å². The van der Waals surface area contributed by atoms with Crippen molar-refractivity contribution in [3.8, 4) is 0 Å². The second-order valence-electron chi connectivity index (χ2n) is 3.82. The van der Waals surface area contributed by atoms with Gasteiger partial charge in [-0.15, -0.1) is 0 Å². The summed E-state index contributed by atoms with van der Waals surface area (Å²) in [5, 5.41) is 2.91. The van der Waals surface area contributed by atoms with E-state index >= 15 is 0 Å². The fraction of sp³-hybridized carbons (Fsp3) is 0.364. The normalized spacial score (nSPS) is 10.2. The van der Waals surface area contributed by atoms with E-state index in [9.17, 15) is 4.79 Å². The van der Waals surface area contributed by atoms with Crippen LogP contribution in [0.2, 0.25) is 5.02 Å². The summed E-state index contributed by atoms with van der Waals surface area (Å²) in [4.78, 5) is 11.4. The highest BCUT2D eigenvalue weighted by Gasteiger charge is 2.09. The Bertz CT molecular complexity index is 360. The number of carbonyl (C=O) groups is 1. The van der Waals surface area contributed by atoms with Crippen molar-refractivity contribution >= 4 is 29.1 Å². The van der Waals surface area contributed by atoms with E-state index in [2.05, 4.69) is 5.32 Å². The summed E-state index contributed by atoms with van der Waals surface area (Å²) >= 11 is 5.89. The van der Waals surface area contributed by atoms with E-state index in [1.54, 1.807) is 18.2 Å². The fourth-order valence-electron chi connectivity index (χ4n) is 1.05. The molecular formula is C11H15ClN2O2. The highest BCUT2D eigenvalue weighted by atomic mass is 35.5. The van der Waals surface area contributed by atoms with Gasteiger partial charge in [0.2, 0.25) is 0 Å². The standard InChI is InChI=1S/C11H15ClN2O2/c1-7(2)6-16-11(15)14-10-8(12)4-3-5-9(10)13/h3-5,7H,6,13H2,1-2H3,(H,14,15). The van der Waals surface area contributed by atoms with E-state index in [0.717, 1.165) is 0 Å². The monoisotopic (exact) mass is 242 g/mol. The zero-order valence-corrected chi connectivity index (χ0v) is 10.0. The Labute approximate surface area is 99.7 Å². The molecule has 0 aliphatic carbocycles. The molecule has 16 heavy (non-hydrogen) atoms. The van der Waals surface area contributed by atoms with Crippen molar-refractivity contribution in [1.29, 1.82) is 0 Å². The molecule has 1 rings (SSSR count). The Hall–Kier alpha value is -1.42. The lowest BCUT2D eigenvalue weighted by Crippen LogP contribution is -2.17. The maximum absolute atomic E-state index is 11.4. The largest absolute Gasteiger partial charge is 0.449 e. The third-order valence-corrected chi connectivity index (χ3v) is 2.14. The number of para-hydroxylation sites is 1. The molecule has 0 aliphatic heterocycles. The smallest absolute Gasteiger partial charge is 0.411 e. The summed E-state index contributed by atoms with van der Waals surface area (Å²) < 4.78 is 4.95. The SMILES string of the molecule is CC(C)COC(=O)Nc1c(N)cccc1Cl. The van der Waals surface area contributed by atoms with Crippen molar-refractivity contribution < 1.29 is 9.53 Å². The molecule has 0 saturated heterocycles. The van der Waals surface area contributed by atoms with Crippen LogP contribution in [-0.4, -0.2) is 12.7 Å². The first-order valence-corrected chi connectivity index (χ1v) is 5.36. The van der Waals surface area contributed by atoms with Crippen molar-refractivity contribution in [2.24, 2.45) is 5.92 Å². The second-order valence-corrected chi connectivity index (χ2v) is 4.23. The van der Waals surface area contributed by atoms with Gasteiger partial charge in [-0.25, -0.2) is 4.79 Å². The van der Waals surface area contributed by atoms with Gasteiger partial charge < -0.3 is 10.5 Å². The molecule has 88 valence electrons. The summed E-state index contributed by atoms with van der Waals surface area (Å²) in [6, 6.07) is 5.02. The van der Waals surface area contributed by atoms with Crippen LogP contribution in [0, 0.1) is 5.92 Å². The lowest BCUT2D eigenvalue weighted by atomic mass is 10.2. The van der Waals surface area contributed by atoms with Gasteiger partial charge in [0, 0.05) is 0 Å². The predicted molar refractivity (Wildman–Crippen MR) is 65.7 cm³/mol. The van der Waals surface area contributed by atoms with E-state index in [1.807, 2.05) is 13.8 Å². The molecule has 0 bridgehead atoms. The topological polar surface area (TPSA) is 64.3 Å². The maximum atomic E-state index is 11.4. The van der Waals surface area contributed by atoms with Crippen molar-refractivity contribution in [2.45, 2.75) is 13.8 Å². The van der Waals surface area contributed by atoms with Crippen LogP contribution in [0.25, 0.3) is 0 Å². The molecule has 0 aliphatic rings. The minimum Gasteiger partial charge on any atom is -0.449 e. The first-order chi connectivity index (χ1) is 7.50. The molecule has 0 atom stereocenters. The van der Waals surface area contributed by atoms with E-state index in [-0.39, 0.29) is 5.92 Å². The zero-order chi connectivity index (χ0) is 12.1. The summed E-state index contributed by atoms with van der Waals surface area (Å²) in [6.45, 7) is 4.27. The molecule has 0 unspecified atom stereocenters. The highest BCUT2D eigenvalue weighted by Crippen LogP contribution is 2.27. The van der Waals surface area contributed by atoms with Crippen molar-refractivity contribution in [3.63, 3.8) is 0 Å². The average molecular weight is 243 g/mol. The quantitative estimate of drug-likeness (QED) is 0.801. The fourth-order valence-corrected chi connectivity index (χ4v) is 1.28. The zero-order valence-electron chi connectivity index (χ0n) is 9.29. The van der Waals surface area contributed by atoms with Crippen molar-refractivity contribution in [1.82, 2.24) is 0 Å². The molecule has 0 aromatic heterocycles. The van der Waals surface area contributed by atoms with Crippen LogP contribution >= 0.6 is 11.6 Å². The Morgan fingerprint density at radius 1 is 1.56 bits per heavy atom.